The maximum absolute atomic E-state index is 12.5. The number of carbonyl (C=O) groups is 1. The first kappa shape index (κ1) is 19.1. The van der Waals surface area contributed by atoms with Crippen LogP contribution in [0.15, 0.2) is 61.3 Å². The van der Waals surface area contributed by atoms with Crippen LogP contribution < -0.4 is 10.1 Å². The number of nitrogens with zero attached hydrogens (tertiary/aromatic N) is 3. The lowest BCUT2D eigenvalue weighted by atomic mass is 10.1. The van der Waals surface area contributed by atoms with Gasteiger partial charge in [-0.1, -0.05) is 12.1 Å². The minimum absolute atomic E-state index is 0.277. The van der Waals surface area contributed by atoms with E-state index in [1.165, 1.54) is 6.20 Å². The van der Waals surface area contributed by atoms with E-state index in [4.69, 9.17) is 4.74 Å². The molecule has 7 heteroatoms. The van der Waals surface area contributed by atoms with E-state index in [9.17, 15) is 9.90 Å². The zero-order valence-corrected chi connectivity index (χ0v) is 16.2. The van der Waals surface area contributed by atoms with Crippen LogP contribution in [-0.4, -0.2) is 37.7 Å². The molecule has 2 N–H and O–H groups in total. The highest BCUT2D eigenvalue weighted by Gasteiger charge is 2.34. The van der Waals surface area contributed by atoms with Crippen molar-refractivity contribution in [3.8, 4) is 11.5 Å². The number of aliphatic hydroxyl groups is 1. The quantitative estimate of drug-likeness (QED) is 0.673. The Morgan fingerprint density at radius 2 is 2.17 bits per heavy atom. The summed E-state index contributed by atoms with van der Waals surface area (Å²) in [6.45, 7) is 2.78. The predicted molar refractivity (Wildman–Crippen MR) is 108 cm³/mol. The van der Waals surface area contributed by atoms with Crippen molar-refractivity contribution in [1.29, 1.82) is 0 Å². The van der Waals surface area contributed by atoms with Gasteiger partial charge in [0.05, 0.1) is 24.7 Å². The Bertz CT molecular complexity index is 956. The van der Waals surface area contributed by atoms with Crippen molar-refractivity contribution >= 4 is 5.91 Å². The van der Waals surface area contributed by atoms with Crippen LogP contribution in [0, 0.1) is 12.8 Å². The van der Waals surface area contributed by atoms with Crippen molar-refractivity contribution < 1.29 is 14.6 Å². The van der Waals surface area contributed by atoms with Gasteiger partial charge in [0.1, 0.15) is 17.2 Å². The van der Waals surface area contributed by atoms with Crippen molar-refractivity contribution in [2.75, 3.05) is 0 Å². The van der Waals surface area contributed by atoms with Gasteiger partial charge in [-0.15, -0.1) is 0 Å². The minimum atomic E-state index is -0.559. The van der Waals surface area contributed by atoms with Gasteiger partial charge >= 0.3 is 0 Å². The summed E-state index contributed by atoms with van der Waals surface area (Å²) in [6, 6.07) is 10.8. The molecule has 1 aliphatic rings. The van der Waals surface area contributed by atoms with Crippen molar-refractivity contribution in [3.63, 3.8) is 0 Å². The average molecular weight is 392 g/mol. The maximum Gasteiger partial charge on any atom is 0.270 e. The summed E-state index contributed by atoms with van der Waals surface area (Å²) in [5.74, 6) is 1.29. The molecule has 3 aromatic rings. The summed E-state index contributed by atoms with van der Waals surface area (Å²) in [5, 5.41) is 13.2. The topological polar surface area (TPSA) is 89.3 Å². The van der Waals surface area contributed by atoms with Gasteiger partial charge in [0.15, 0.2) is 0 Å². The molecule has 1 aromatic carbocycles. The second-order valence-corrected chi connectivity index (χ2v) is 7.54. The molecule has 1 aliphatic carbocycles. The van der Waals surface area contributed by atoms with Crippen molar-refractivity contribution in [1.82, 2.24) is 19.9 Å². The fourth-order valence-electron chi connectivity index (χ4n) is 3.75. The molecule has 0 aliphatic heterocycles. The van der Waals surface area contributed by atoms with Crippen molar-refractivity contribution in [2.45, 2.75) is 38.5 Å². The molecule has 0 spiro atoms. The lowest BCUT2D eigenvalue weighted by Gasteiger charge is -2.16. The van der Waals surface area contributed by atoms with E-state index >= 15 is 0 Å². The van der Waals surface area contributed by atoms with Gasteiger partial charge in [0.2, 0.25) is 0 Å². The summed E-state index contributed by atoms with van der Waals surface area (Å²) >= 11 is 0. The standard InChI is InChI=1S/C22H24N4O3/c1-15-3-2-4-17(9-15)29-18-5-6-19(24-12-18)22(28)25-20-10-16(11-21(20)27)13-26-8-7-23-14-26/h2-9,12,14,16,20-21,27H,10-11,13H2,1H3,(H,25,28)/t16?,20-,21-/m1/s1. The summed E-state index contributed by atoms with van der Waals surface area (Å²) in [6.07, 6.45) is 7.76. The van der Waals surface area contributed by atoms with Crippen LogP contribution in [0.4, 0.5) is 0 Å². The fraction of sp³-hybridized carbons (Fsp3) is 0.318. The van der Waals surface area contributed by atoms with Crippen LogP contribution in [0.5, 0.6) is 11.5 Å². The van der Waals surface area contributed by atoms with E-state index in [-0.39, 0.29) is 11.9 Å². The number of ether oxygens (including phenoxy) is 1. The number of nitrogens with one attached hydrogen (secondary N) is 1. The third-order valence-electron chi connectivity index (χ3n) is 5.17. The fourth-order valence-corrected chi connectivity index (χ4v) is 3.75. The van der Waals surface area contributed by atoms with Crippen LogP contribution in [0.2, 0.25) is 0 Å². The molecule has 29 heavy (non-hydrogen) atoms. The molecule has 7 nitrogen and oxygen atoms in total. The molecule has 2 aromatic heterocycles. The predicted octanol–water partition coefficient (Wildman–Crippen LogP) is 2.95. The zero-order valence-electron chi connectivity index (χ0n) is 16.2. The van der Waals surface area contributed by atoms with Gasteiger partial charge in [-0.2, -0.15) is 0 Å². The van der Waals surface area contributed by atoms with Gasteiger partial charge < -0.3 is 19.7 Å². The maximum atomic E-state index is 12.5. The molecule has 150 valence electrons. The first-order valence-corrected chi connectivity index (χ1v) is 9.72. The lowest BCUT2D eigenvalue weighted by Crippen LogP contribution is -2.40. The third-order valence-corrected chi connectivity index (χ3v) is 5.17. The summed E-state index contributed by atoms with van der Waals surface area (Å²) in [4.78, 5) is 20.8. The first-order valence-electron chi connectivity index (χ1n) is 9.72. The Kier molecular flexibility index (Phi) is 5.57. The number of hydrogen-bond acceptors (Lipinski definition) is 5. The highest BCUT2D eigenvalue weighted by atomic mass is 16.5. The first-order chi connectivity index (χ1) is 14.1. The van der Waals surface area contributed by atoms with E-state index in [2.05, 4.69) is 15.3 Å². The van der Waals surface area contributed by atoms with Crippen LogP contribution in [0.1, 0.15) is 28.9 Å². The normalized spacial score (nSPS) is 21.1. The van der Waals surface area contributed by atoms with Gasteiger partial charge in [0.25, 0.3) is 5.91 Å². The molecule has 1 unspecified atom stereocenters. The molecule has 1 amide bonds. The van der Waals surface area contributed by atoms with E-state index in [0.717, 1.165) is 24.3 Å². The van der Waals surface area contributed by atoms with Crippen molar-refractivity contribution in [2.24, 2.45) is 5.92 Å². The second-order valence-electron chi connectivity index (χ2n) is 7.54. The average Bonchev–Trinajstić information content (AvgIpc) is 3.32. The molecule has 4 rings (SSSR count). The second kappa shape index (κ2) is 8.45. The van der Waals surface area contributed by atoms with E-state index in [1.54, 1.807) is 24.7 Å². The summed E-state index contributed by atoms with van der Waals surface area (Å²) in [5.41, 5.74) is 1.40. The molecule has 3 atom stereocenters. The number of aromatic nitrogens is 3. The zero-order chi connectivity index (χ0) is 20.2. The van der Waals surface area contributed by atoms with Crippen LogP contribution >= 0.6 is 0 Å². The molecule has 0 bridgehead atoms. The van der Waals surface area contributed by atoms with E-state index < -0.39 is 6.10 Å². The Hall–Kier alpha value is -3.19. The number of benzene rings is 1. The number of pyridine rings is 1. The van der Waals surface area contributed by atoms with Gasteiger partial charge in [0, 0.05) is 18.9 Å². The smallest absolute Gasteiger partial charge is 0.270 e. The number of hydrogen-bond donors (Lipinski definition) is 2. The molecule has 2 heterocycles. The summed E-state index contributed by atoms with van der Waals surface area (Å²) < 4.78 is 7.76. The lowest BCUT2D eigenvalue weighted by molar-refractivity contribution is 0.0868. The van der Waals surface area contributed by atoms with Crippen LogP contribution in [0.3, 0.4) is 0 Å². The Morgan fingerprint density at radius 1 is 1.28 bits per heavy atom. The Morgan fingerprint density at radius 3 is 2.90 bits per heavy atom. The summed E-state index contributed by atoms with van der Waals surface area (Å²) in [7, 11) is 0. The molecule has 1 saturated carbocycles. The van der Waals surface area contributed by atoms with Gasteiger partial charge in [-0.05, 0) is 55.5 Å². The van der Waals surface area contributed by atoms with E-state index in [0.29, 0.717) is 23.8 Å². The van der Waals surface area contributed by atoms with E-state index in [1.807, 2.05) is 42.0 Å². The molecular formula is C22H24N4O3. The largest absolute Gasteiger partial charge is 0.456 e. The Labute approximate surface area is 169 Å². The van der Waals surface area contributed by atoms with Crippen LogP contribution in [0.25, 0.3) is 0 Å². The SMILES string of the molecule is Cc1cccc(Oc2ccc(C(=O)N[C@@H]3CC(Cn4ccnc4)C[C@H]3O)nc2)c1. The molecule has 1 fully saturated rings. The minimum Gasteiger partial charge on any atom is -0.456 e. The van der Waals surface area contributed by atoms with Crippen molar-refractivity contribution in [3.05, 3.63) is 72.6 Å². The number of aliphatic hydroxyl groups excluding tert-OH is 1. The number of rotatable bonds is 6. The number of amides is 1. The molecule has 0 saturated heterocycles. The number of aryl methyl sites for hydroxylation is 1. The van der Waals surface area contributed by atoms with Gasteiger partial charge in [-0.3, -0.25) is 4.79 Å². The molecular weight excluding hydrogens is 368 g/mol. The number of carbonyl (C=O) groups excluding carboxylic acids is 1. The molecule has 0 radical (unpaired) electrons. The highest BCUT2D eigenvalue weighted by molar-refractivity contribution is 5.92. The van der Waals surface area contributed by atoms with Gasteiger partial charge in [-0.25, -0.2) is 9.97 Å². The Balaban J connectivity index is 1.33. The third kappa shape index (κ3) is 4.81. The highest BCUT2D eigenvalue weighted by Crippen LogP contribution is 2.28. The number of imidazole rings is 1. The van der Waals surface area contributed by atoms with Crippen LogP contribution in [-0.2, 0) is 6.54 Å². The monoisotopic (exact) mass is 392 g/mol.